The van der Waals surface area contributed by atoms with Gasteiger partial charge in [-0.15, -0.1) is 0 Å². The maximum Gasteiger partial charge on any atom is 0.313 e. The van der Waals surface area contributed by atoms with E-state index in [4.69, 9.17) is 5.11 Å². The number of aromatic nitrogens is 2. The lowest BCUT2D eigenvalue weighted by Crippen LogP contribution is -2.17. The summed E-state index contributed by atoms with van der Waals surface area (Å²) in [4.78, 5) is 25.9. The van der Waals surface area contributed by atoms with Crippen molar-refractivity contribution in [1.82, 2.24) is 9.55 Å². The van der Waals surface area contributed by atoms with Crippen LogP contribution in [0, 0.1) is 0 Å². The van der Waals surface area contributed by atoms with Crippen molar-refractivity contribution in [3.8, 4) is 0 Å². The second-order valence-electron chi connectivity index (χ2n) is 4.84. The van der Waals surface area contributed by atoms with E-state index in [1.165, 1.54) is 25.3 Å². The molecule has 112 valence electrons. The maximum atomic E-state index is 11.3. The Bertz CT molecular complexity index is 488. The van der Waals surface area contributed by atoms with E-state index >= 15 is 0 Å². The summed E-state index contributed by atoms with van der Waals surface area (Å²) in [5.74, 6) is -0.991. The van der Waals surface area contributed by atoms with Crippen LogP contribution in [-0.2, 0) is 4.79 Å². The second-order valence-corrected chi connectivity index (χ2v) is 5.78. The molecule has 0 radical (unpaired) electrons. The lowest BCUT2D eigenvalue weighted by atomic mass is 10.1. The molecule has 0 fully saturated rings. The van der Waals surface area contributed by atoms with E-state index in [0.29, 0.717) is 5.16 Å². The molecular weight excluding hydrogens is 276 g/mol. The molecule has 1 atom stereocenters. The molecule has 6 heteroatoms. The molecule has 0 bridgehead atoms. The number of hydrogen-bond donors (Lipinski definition) is 1. The Hall–Kier alpha value is -1.30. The van der Waals surface area contributed by atoms with Gasteiger partial charge in [-0.05, 0) is 13.3 Å². The van der Waals surface area contributed by atoms with Crippen molar-refractivity contribution in [3.63, 3.8) is 0 Å². The predicted molar refractivity (Wildman–Crippen MR) is 80.3 cm³/mol. The van der Waals surface area contributed by atoms with Crippen molar-refractivity contribution >= 4 is 17.7 Å². The van der Waals surface area contributed by atoms with Gasteiger partial charge in [-0.2, -0.15) is 4.98 Å². The van der Waals surface area contributed by atoms with Crippen molar-refractivity contribution in [2.24, 2.45) is 0 Å². The first-order chi connectivity index (χ1) is 9.54. The lowest BCUT2D eigenvalue weighted by molar-refractivity contribution is -0.133. The van der Waals surface area contributed by atoms with Crippen LogP contribution in [-0.4, -0.2) is 26.4 Å². The topological polar surface area (TPSA) is 72.2 Å². The van der Waals surface area contributed by atoms with E-state index in [1.54, 1.807) is 6.20 Å². The van der Waals surface area contributed by atoms with E-state index in [9.17, 15) is 9.59 Å². The first kappa shape index (κ1) is 16.8. The van der Waals surface area contributed by atoms with Crippen LogP contribution < -0.4 is 5.56 Å². The fourth-order valence-electron chi connectivity index (χ4n) is 1.97. The van der Waals surface area contributed by atoms with Gasteiger partial charge in [0, 0.05) is 18.3 Å². The van der Waals surface area contributed by atoms with Crippen molar-refractivity contribution in [2.45, 2.75) is 57.1 Å². The van der Waals surface area contributed by atoms with Gasteiger partial charge in [0.2, 0.25) is 0 Å². The van der Waals surface area contributed by atoms with Crippen LogP contribution in [0.1, 0.15) is 52.0 Å². The maximum absolute atomic E-state index is 11.3. The van der Waals surface area contributed by atoms with Gasteiger partial charge in [-0.1, -0.05) is 44.4 Å². The van der Waals surface area contributed by atoms with Crippen LogP contribution in [0.3, 0.4) is 0 Å². The Morgan fingerprint density at radius 3 is 2.85 bits per heavy atom. The Labute approximate surface area is 123 Å². The molecule has 5 nitrogen and oxygen atoms in total. The summed E-state index contributed by atoms with van der Waals surface area (Å²) in [7, 11) is 0. The Kier molecular flexibility index (Phi) is 7.36. The fourth-order valence-corrected chi connectivity index (χ4v) is 2.77. The van der Waals surface area contributed by atoms with Gasteiger partial charge in [0.1, 0.15) is 0 Å². The Morgan fingerprint density at radius 2 is 2.20 bits per heavy atom. The Morgan fingerprint density at radius 1 is 1.45 bits per heavy atom. The average molecular weight is 298 g/mol. The highest BCUT2D eigenvalue weighted by Gasteiger charge is 2.11. The van der Waals surface area contributed by atoms with Gasteiger partial charge in [-0.3, -0.25) is 9.59 Å². The zero-order chi connectivity index (χ0) is 15.0. The molecule has 0 spiro atoms. The minimum atomic E-state index is -0.907. The molecule has 0 amide bonds. The molecule has 1 unspecified atom stereocenters. The molecule has 1 aromatic rings. The minimum Gasteiger partial charge on any atom is -0.481 e. The van der Waals surface area contributed by atoms with Crippen molar-refractivity contribution < 1.29 is 9.90 Å². The molecule has 0 aliphatic rings. The van der Waals surface area contributed by atoms with Crippen molar-refractivity contribution in [2.75, 3.05) is 5.75 Å². The van der Waals surface area contributed by atoms with Crippen LogP contribution in [0.25, 0.3) is 0 Å². The highest BCUT2D eigenvalue weighted by Crippen LogP contribution is 2.22. The standard InChI is InChI=1S/C14H22N2O3S/c1-3-4-5-6-7-11(2)16-9-8-12(17)15-14(16)20-10-13(18)19/h8-9,11H,3-7,10H2,1-2H3,(H,18,19). The average Bonchev–Trinajstić information content (AvgIpc) is 2.41. The van der Waals surface area contributed by atoms with E-state index in [2.05, 4.69) is 18.8 Å². The summed E-state index contributed by atoms with van der Waals surface area (Å²) in [6.45, 7) is 4.25. The summed E-state index contributed by atoms with van der Waals surface area (Å²) in [6, 6.07) is 1.64. The highest BCUT2D eigenvalue weighted by molar-refractivity contribution is 7.99. The van der Waals surface area contributed by atoms with Gasteiger partial charge in [-0.25, -0.2) is 0 Å². The molecule has 0 aliphatic heterocycles. The van der Waals surface area contributed by atoms with Crippen molar-refractivity contribution in [3.05, 3.63) is 22.6 Å². The predicted octanol–water partition coefficient (Wildman–Crippen LogP) is 2.95. The van der Waals surface area contributed by atoms with Gasteiger partial charge in [0.25, 0.3) is 5.56 Å². The fraction of sp³-hybridized carbons (Fsp3) is 0.643. The summed E-state index contributed by atoms with van der Waals surface area (Å²) >= 11 is 1.09. The molecule has 1 rings (SSSR count). The molecule has 20 heavy (non-hydrogen) atoms. The SMILES string of the molecule is CCCCCCC(C)n1ccc(=O)nc1SCC(=O)O. The summed E-state index contributed by atoms with van der Waals surface area (Å²) in [5.41, 5.74) is -0.327. The quantitative estimate of drug-likeness (QED) is 0.431. The molecule has 0 aliphatic carbocycles. The number of hydrogen-bond acceptors (Lipinski definition) is 4. The number of carbonyl (C=O) groups is 1. The number of unbranched alkanes of at least 4 members (excludes halogenated alkanes) is 3. The molecule has 0 saturated heterocycles. The van der Waals surface area contributed by atoms with Gasteiger partial charge < -0.3 is 9.67 Å². The number of aliphatic carboxylic acids is 1. The van der Waals surface area contributed by atoms with Gasteiger partial charge in [0.05, 0.1) is 5.75 Å². The normalized spacial score (nSPS) is 12.3. The van der Waals surface area contributed by atoms with Gasteiger partial charge in [0.15, 0.2) is 5.16 Å². The first-order valence-corrected chi connectivity index (χ1v) is 7.97. The number of rotatable bonds is 9. The molecule has 1 N–H and O–H groups in total. The highest BCUT2D eigenvalue weighted by atomic mass is 32.2. The zero-order valence-electron chi connectivity index (χ0n) is 12.0. The van der Waals surface area contributed by atoms with Crippen molar-refractivity contribution in [1.29, 1.82) is 0 Å². The van der Waals surface area contributed by atoms with Crippen LogP contribution in [0.15, 0.2) is 22.2 Å². The van der Waals surface area contributed by atoms with Crippen LogP contribution in [0.2, 0.25) is 0 Å². The third-order valence-corrected chi connectivity index (χ3v) is 4.03. The minimum absolute atomic E-state index is 0.0843. The number of nitrogens with zero attached hydrogens (tertiary/aromatic N) is 2. The van der Waals surface area contributed by atoms with E-state index < -0.39 is 5.97 Å². The van der Waals surface area contributed by atoms with Crippen LogP contribution in [0.5, 0.6) is 0 Å². The van der Waals surface area contributed by atoms with Crippen LogP contribution in [0.4, 0.5) is 0 Å². The summed E-state index contributed by atoms with van der Waals surface area (Å²) < 4.78 is 1.90. The number of carboxylic acid groups (broad SMARTS) is 1. The van der Waals surface area contributed by atoms with E-state index in [1.807, 2.05) is 4.57 Å². The monoisotopic (exact) mass is 298 g/mol. The molecule has 1 aromatic heterocycles. The first-order valence-electron chi connectivity index (χ1n) is 6.98. The largest absolute Gasteiger partial charge is 0.481 e. The third kappa shape index (κ3) is 5.77. The Balaban J connectivity index is 2.71. The number of thioether (sulfide) groups is 1. The molecule has 1 heterocycles. The second kappa shape index (κ2) is 8.79. The molecule has 0 aromatic carbocycles. The smallest absolute Gasteiger partial charge is 0.313 e. The lowest BCUT2D eigenvalue weighted by Gasteiger charge is -2.18. The third-order valence-electron chi connectivity index (χ3n) is 3.08. The summed E-state index contributed by atoms with van der Waals surface area (Å²) in [5, 5.41) is 9.23. The number of carboxylic acids is 1. The molecule has 0 saturated carbocycles. The zero-order valence-corrected chi connectivity index (χ0v) is 12.9. The van der Waals surface area contributed by atoms with Crippen LogP contribution >= 0.6 is 11.8 Å². The summed E-state index contributed by atoms with van der Waals surface area (Å²) in [6.07, 6.45) is 7.48. The van der Waals surface area contributed by atoms with Gasteiger partial charge >= 0.3 is 5.97 Å². The van der Waals surface area contributed by atoms with E-state index in [-0.39, 0.29) is 17.4 Å². The molecular formula is C14H22N2O3S. The van der Waals surface area contributed by atoms with E-state index in [0.717, 1.165) is 24.6 Å².